The fraction of sp³-hybridized carbons (Fsp3) is 0.118. The van der Waals surface area contributed by atoms with Crippen LogP contribution in [0.15, 0.2) is 60.8 Å². The minimum atomic E-state index is 0.959. The average Bonchev–Trinajstić information content (AvgIpc) is 2.47. The summed E-state index contributed by atoms with van der Waals surface area (Å²) in [4.78, 5) is 6.56. The molecule has 0 aliphatic heterocycles. The topological polar surface area (TPSA) is 16.1 Å². The molecule has 0 spiro atoms. The average molecular weight is 248 g/mol. The Bertz CT molecular complexity index is 702. The summed E-state index contributed by atoms with van der Waals surface area (Å²) in [6.45, 7) is 2.05. The first kappa shape index (κ1) is 11.7. The highest BCUT2D eigenvalue weighted by Gasteiger charge is 2.05. The number of benzene rings is 2. The van der Waals surface area contributed by atoms with E-state index in [-0.39, 0.29) is 0 Å². The van der Waals surface area contributed by atoms with E-state index >= 15 is 0 Å². The molecular weight excluding hydrogens is 232 g/mol. The molecule has 0 aliphatic carbocycles. The molecule has 0 atom stereocenters. The lowest BCUT2D eigenvalue weighted by Crippen LogP contribution is -2.10. The Morgan fingerprint density at radius 2 is 1.68 bits per heavy atom. The third-order valence-electron chi connectivity index (χ3n) is 3.36. The van der Waals surface area contributed by atoms with E-state index in [0.717, 1.165) is 11.5 Å². The first-order valence-corrected chi connectivity index (χ1v) is 6.39. The van der Waals surface area contributed by atoms with Crippen molar-refractivity contribution in [3.05, 3.63) is 66.4 Å². The molecule has 0 unspecified atom stereocenters. The van der Waals surface area contributed by atoms with Crippen LogP contribution < -0.4 is 4.90 Å². The summed E-state index contributed by atoms with van der Waals surface area (Å²) < 4.78 is 0. The molecular formula is C17H16N2. The highest BCUT2D eigenvalue weighted by Crippen LogP contribution is 2.25. The van der Waals surface area contributed by atoms with E-state index in [4.69, 9.17) is 0 Å². The van der Waals surface area contributed by atoms with Gasteiger partial charge in [0.1, 0.15) is 5.82 Å². The highest BCUT2D eigenvalue weighted by atomic mass is 15.2. The maximum Gasteiger partial charge on any atom is 0.132 e. The van der Waals surface area contributed by atoms with Gasteiger partial charge in [0.25, 0.3) is 0 Å². The van der Waals surface area contributed by atoms with E-state index < -0.39 is 0 Å². The van der Waals surface area contributed by atoms with Gasteiger partial charge >= 0.3 is 0 Å². The summed E-state index contributed by atoms with van der Waals surface area (Å²) in [5.41, 5.74) is 2.32. The lowest BCUT2D eigenvalue weighted by atomic mass is 10.1. The van der Waals surface area contributed by atoms with Crippen molar-refractivity contribution in [1.29, 1.82) is 0 Å². The van der Waals surface area contributed by atoms with Gasteiger partial charge < -0.3 is 4.90 Å². The van der Waals surface area contributed by atoms with Crippen molar-refractivity contribution in [3.63, 3.8) is 0 Å². The fourth-order valence-electron chi connectivity index (χ4n) is 2.18. The Balaban J connectivity index is 2.01. The summed E-state index contributed by atoms with van der Waals surface area (Å²) in [5.74, 6) is 0.959. The Morgan fingerprint density at radius 1 is 0.895 bits per heavy atom. The first-order valence-electron chi connectivity index (χ1n) is 6.39. The second-order valence-electron chi connectivity index (χ2n) is 4.78. The Labute approximate surface area is 113 Å². The van der Waals surface area contributed by atoms with Crippen LogP contribution >= 0.6 is 0 Å². The number of hydrogen-bond donors (Lipinski definition) is 0. The van der Waals surface area contributed by atoms with Gasteiger partial charge in [-0.3, -0.25) is 0 Å². The molecule has 0 amide bonds. The van der Waals surface area contributed by atoms with Crippen LogP contribution in [0.1, 0.15) is 5.56 Å². The van der Waals surface area contributed by atoms with Crippen LogP contribution in [0, 0.1) is 6.92 Å². The van der Waals surface area contributed by atoms with E-state index in [2.05, 4.69) is 58.4 Å². The van der Waals surface area contributed by atoms with Crippen molar-refractivity contribution in [2.45, 2.75) is 6.92 Å². The summed E-state index contributed by atoms with van der Waals surface area (Å²) in [6, 6.07) is 19.0. The van der Waals surface area contributed by atoms with Crippen LogP contribution in [-0.2, 0) is 0 Å². The van der Waals surface area contributed by atoms with E-state index in [1.54, 1.807) is 0 Å². The lowest BCUT2D eigenvalue weighted by molar-refractivity contribution is 1.12. The second kappa shape index (κ2) is 4.73. The highest BCUT2D eigenvalue weighted by molar-refractivity contribution is 5.86. The van der Waals surface area contributed by atoms with Crippen LogP contribution in [-0.4, -0.2) is 12.0 Å². The van der Waals surface area contributed by atoms with Crippen molar-refractivity contribution < 1.29 is 0 Å². The molecule has 1 aromatic heterocycles. The van der Waals surface area contributed by atoms with Gasteiger partial charge in [-0.15, -0.1) is 0 Å². The monoisotopic (exact) mass is 248 g/mol. The van der Waals surface area contributed by atoms with Crippen LogP contribution in [0.4, 0.5) is 11.5 Å². The summed E-state index contributed by atoms with van der Waals surface area (Å²) in [6.07, 6.45) is 1.90. The van der Waals surface area contributed by atoms with Gasteiger partial charge in [-0.2, -0.15) is 0 Å². The van der Waals surface area contributed by atoms with Crippen molar-refractivity contribution in [1.82, 2.24) is 4.98 Å². The number of pyridine rings is 1. The zero-order chi connectivity index (χ0) is 13.2. The van der Waals surface area contributed by atoms with Gasteiger partial charge in [-0.25, -0.2) is 4.98 Å². The van der Waals surface area contributed by atoms with Gasteiger partial charge in [0.15, 0.2) is 0 Å². The molecule has 19 heavy (non-hydrogen) atoms. The molecule has 0 saturated carbocycles. The van der Waals surface area contributed by atoms with Crippen LogP contribution in [0.5, 0.6) is 0 Å². The van der Waals surface area contributed by atoms with Crippen molar-refractivity contribution >= 4 is 22.3 Å². The number of aryl methyl sites for hydroxylation is 1. The third kappa shape index (κ3) is 2.29. The number of anilines is 2. The predicted molar refractivity (Wildman–Crippen MR) is 81.0 cm³/mol. The van der Waals surface area contributed by atoms with Crippen molar-refractivity contribution in [2.75, 3.05) is 11.9 Å². The minimum absolute atomic E-state index is 0.959. The van der Waals surface area contributed by atoms with Crippen molar-refractivity contribution in [2.24, 2.45) is 0 Å². The Morgan fingerprint density at radius 3 is 2.42 bits per heavy atom. The Hall–Kier alpha value is -2.35. The molecule has 3 rings (SSSR count). The second-order valence-corrected chi connectivity index (χ2v) is 4.78. The molecule has 94 valence electrons. The van der Waals surface area contributed by atoms with Gasteiger partial charge in [-0.1, -0.05) is 36.4 Å². The Kier molecular flexibility index (Phi) is 2.92. The molecule has 2 aromatic carbocycles. The molecule has 0 fully saturated rings. The molecule has 0 bridgehead atoms. The molecule has 0 aliphatic rings. The van der Waals surface area contributed by atoms with Crippen LogP contribution in [0.2, 0.25) is 0 Å². The lowest BCUT2D eigenvalue weighted by Gasteiger charge is -2.19. The van der Waals surface area contributed by atoms with Gasteiger partial charge in [0.2, 0.25) is 0 Å². The van der Waals surface area contributed by atoms with Crippen molar-refractivity contribution in [3.8, 4) is 0 Å². The molecule has 0 saturated heterocycles. The molecule has 1 heterocycles. The zero-order valence-electron chi connectivity index (χ0n) is 11.2. The minimum Gasteiger partial charge on any atom is -0.329 e. The van der Waals surface area contributed by atoms with Crippen LogP contribution in [0.3, 0.4) is 0 Å². The smallest absolute Gasteiger partial charge is 0.132 e. The molecule has 2 heteroatoms. The number of fused-ring (bicyclic) bond motifs is 1. The van der Waals surface area contributed by atoms with E-state index in [1.165, 1.54) is 16.3 Å². The summed E-state index contributed by atoms with van der Waals surface area (Å²) in [7, 11) is 2.04. The number of aromatic nitrogens is 1. The van der Waals surface area contributed by atoms with Crippen LogP contribution in [0.25, 0.3) is 10.8 Å². The van der Waals surface area contributed by atoms with Gasteiger partial charge in [0, 0.05) is 18.9 Å². The zero-order valence-corrected chi connectivity index (χ0v) is 11.2. The fourth-order valence-corrected chi connectivity index (χ4v) is 2.18. The van der Waals surface area contributed by atoms with Gasteiger partial charge in [-0.05, 0) is 41.5 Å². The predicted octanol–water partition coefficient (Wildman–Crippen LogP) is 4.31. The maximum absolute atomic E-state index is 4.46. The quantitative estimate of drug-likeness (QED) is 0.671. The molecule has 2 nitrogen and oxygen atoms in total. The standard InChI is InChI=1S/C17H16N2/c1-13-7-10-17(18-12-13)19(2)16-9-8-14-5-3-4-6-15(14)11-16/h3-12H,1-2H3. The van der Waals surface area contributed by atoms with E-state index in [0.29, 0.717) is 0 Å². The van der Waals surface area contributed by atoms with E-state index in [1.807, 2.05) is 26.2 Å². The number of hydrogen-bond acceptors (Lipinski definition) is 2. The molecule has 0 N–H and O–H groups in total. The maximum atomic E-state index is 4.46. The first-order chi connectivity index (χ1) is 9.24. The number of rotatable bonds is 2. The number of nitrogens with zero attached hydrogens (tertiary/aromatic N) is 2. The third-order valence-corrected chi connectivity index (χ3v) is 3.36. The summed E-state index contributed by atoms with van der Waals surface area (Å²) in [5, 5.41) is 2.51. The summed E-state index contributed by atoms with van der Waals surface area (Å²) >= 11 is 0. The normalized spacial score (nSPS) is 10.6. The molecule has 3 aromatic rings. The molecule has 0 radical (unpaired) electrons. The largest absolute Gasteiger partial charge is 0.329 e. The van der Waals surface area contributed by atoms with E-state index in [9.17, 15) is 0 Å². The SMILES string of the molecule is Cc1ccc(N(C)c2ccc3ccccc3c2)nc1. The van der Waals surface area contributed by atoms with Gasteiger partial charge in [0.05, 0.1) is 0 Å².